The van der Waals surface area contributed by atoms with Crippen molar-refractivity contribution in [2.45, 2.75) is 156 Å². The predicted molar refractivity (Wildman–Crippen MR) is 212 cm³/mol. The van der Waals surface area contributed by atoms with Crippen LogP contribution in [0.1, 0.15) is 155 Å². The Hall–Kier alpha value is -3.40. The summed E-state index contributed by atoms with van der Waals surface area (Å²) >= 11 is 0. The van der Waals surface area contributed by atoms with E-state index in [1.54, 1.807) is 0 Å². The number of Topliss-reactive ketones (excluding diaryl/α,β-unsaturated/α-hetero) is 1. The largest absolute Gasteiger partial charge is 0.506 e. The molecule has 0 unspecified atom stereocenters. The van der Waals surface area contributed by atoms with Crippen LogP contribution in [0.25, 0.3) is 0 Å². The summed E-state index contributed by atoms with van der Waals surface area (Å²) < 4.78 is 2.41. The number of benzene rings is 2. The van der Waals surface area contributed by atoms with Gasteiger partial charge in [0.1, 0.15) is 12.3 Å². The van der Waals surface area contributed by atoms with E-state index >= 15 is 0 Å². The van der Waals surface area contributed by atoms with Gasteiger partial charge in [-0.25, -0.2) is 0 Å². The van der Waals surface area contributed by atoms with E-state index < -0.39 is 0 Å². The number of carbonyl (C=O) groups is 1. The Morgan fingerprint density at radius 2 is 1.36 bits per heavy atom. The Morgan fingerprint density at radius 3 is 2.04 bits per heavy atom. The van der Waals surface area contributed by atoms with Crippen molar-refractivity contribution in [1.29, 1.82) is 0 Å². The first-order valence-corrected chi connectivity index (χ1v) is 20.1. The summed E-state index contributed by atoms with van der Waals surface area (Å²) in [7, 11) is 0. The molecular formula is C46H65N2O2+. The van der Waals surface area contributed by atoms with E-state index in [1.165, 1.54) is 105 Å². The maximum Gasteiger partial charge on any atom is 0.209 e. The summed E-state index contributed by atoms with van der Waals surface area (Å²) in [6.45, 7) is 17.7. The molecule has 1 aliphatic carbocycles. The average Bonchev–Trinajstić information content (AvgIpc) is 3.45. The molecule has 1 N–H and O–H groups in total. The lowest BCUT2D eigenvalue weighted by Gasteiger charge is -2.29. The van der Waals surface area contributed by atoms with Crippen LogP contribution < -0.4 is 4.90 Å². The molecular weight excluding hydrogens is 613 g/mol. The number of carbonyl (C=O) groups excluding carboxylic acids is 1. The highest BCUT2D eigenvalue weighted by atomic mass is 16.3. The van der Waals surface area contributed by atoms with E-state index in [9.17, 15) is 9.90 Å². The first kappa shape index (κ1) is 37.8. The number of aryl methyl sites for hydroxylation is 1. The summed E-state index contributed by atoms with van der Waals surface area (Å²) in [5.74, 6) is 0.0832. The minimum absolute atomic E-state index is 0.0521. The molecule has 2 aromatic carbocycles. The standard InChI is InChI=1S/C46H64N2O2/c1-8-11-14-16-18-22-29-47-39-26-21-20-25-37(39)45(4,5)41(47)32-35-43(49)36(44(35)50)33-42-46(6,7)38-31-34(24-13-10-3)27-28-40(38)48(42)30-23-19-17-15-12-9-2/h20-21,25-28,31-33H,8-19,22-24,29-30H2,1-7H3/p+1. The van der Waals surface area contributed by atoms with E-state index in [1.807, 2.05) is 12.2 Å². The fourth-order valence-electron chi connectivity index (χ4n) is 8.39. The molecule has 2 aromatic rings. The number of rotatable bonds is 19. The smallest absolute Gasteiger partial charge is 0.209 e. The van der Waals surface area contributed by atoms with Crippen LogP contribution in [0.5, 0.6) is 0 Å². The molecule has 50 heavy (non-hydrogen) atoms. The van der Waals surface area contributed by atoms with Gasteiger partial charge in [0.15, 0.2) is 5.71 Å². The molecule has 4 nitrogen and oxygen atoms in total. The molecule has 2 heterocycles. The molecule has 2 aliphatic heterocycles. The summed E-state index contributed by atoms with van der Waals surface area (Å²) in [4.78, 5) is 16.5. The average molecular weight is 678 g/mol. The molecule has 0 spiro atoms. The number of allylic oxidation sites excluding steroid dienone is 5. The molecule has 0 bridgehead atoms. The summed E-state index contributed by atoms with van der Waals surface area (Å²) in [6, 6.07) is 15.6. The minimum atomic E-state index is -0.273. The van der Waals surface area contributed by atoms with Gasteiger partial charge in [-0.3, -0.25) is 4.79 Å². The normalized spacial score (nSPS) is 19.2. The fourth-order valence-corrected chi connectivity index (χ4v) is 8.39. The third kappa shape index (κ3) is 7.75. The van der Waals surface area contributed by atoms with Gasteiger partial charge < -0.3 is 10.0 Å². The van der Waals surface area contributed by atoms with Gasteiger partial charge in [-0.1, -0.05) is 129 Å². The van der Waals surface area contributed by atoms with Crippen molar-refractivity contribution in [3.63, 3.8) is 0 Å². The number of nitrogens with zero attached hydrogens (tertiary/aromatic N) is 2. The van der Waals surface area contributed by atoms with Gasteiger partial charge in [0, 0.05) is 47.5 Å². The zero-order valence-corrected chi connectivity index (χ0v) is 32.5. The number of para-hydroxylation sites is 1. The van der Waals surface area contributed by atoms with E-state index in [0.29, 0.717) is 11.1 Å². The number of ketones is 1. The van der Waals surface area contributed by atoms with E-state index in [-0.39, 0.29) is 22.4 Å². The molecule has 0 radical (unpaired) electrons. The maximum atomic E-state index is 14.0. The van der Waals surface area contributed by atoms with E-state index in [2.05, 4.69) is 100 Å². The highest BCUT2D eigenvalue weighted by Gasteiger charge is 2.47. The number of hydrogen-bond donors (Lipinski definition) is 1. The molecule has 270 valence electrons. The van der Waals surface area contributed by atoms with Gasteiger partial charge in [-0.05, 0) is 62.8 Å². The number of aliphatic hydroxyl groups excluding tert-OH is 1. The molecule has 0 saturated heterocycles. The SMILES string of the molecule is CCCCCCCCN1C(=CC2=C(O)C(=CC3=[N+](CCCCCCCC)c4ccccc4C3(C)C)C2=O)C(C)(C)c2cc(CCCC)ccc21. The fraction of sp³-hybridized carbons (Fsp3) is 0.565. The number of unbranched alkanes of at least 4 members (excludes halogenated alkanes) is 11. The Balaban J connectivity index is 1.47. The first-order valence-electron chi connectivity index (χ1n) is 20.1. The zero-order chi connectivity index (χ0) is 35.9. The van der Waals surface area contributed by atoms with Crippen LogP contribution in [0.2, 0.25) is 0 Å². The van der Waals surface area contributed by atoms with Crippen LogP contribution in [-0.4, -0.2) is 34.3 Å². The van der Waals surface area contributed by atoms with E-state index in [0.717, 1.165) is 43.8 Å². The van der Waals surface area contributed by atoms with E-state index in [4.69, 9.17) is 0 Å². The van der Waals surface area contributed by atoms with Gasteiger partial charge in [0.25, 0.3) is 0 Å². The molecule has 3 aliphatic rings. The molecule has 0 aromatic heterocycles. The molecule has 0 atom stereocenters. The van der Waals surface area contributed by atoms with Crippen molar-refractivity contribution in [1.82, 2.24) is 0 Å². The van der Waals surface area contributed by atoms with Crippen molar-refractivity contribution in [2.75, 3.05) is 18.0 Å². The zero-order valence-electron chi connectivity index (χ0n) is 32.5. The lowest BCUT2D eigenvalue weighted by molar-refractivity contribution is -0.438. The summed E-state index contributed by atoms with van der Waals surface area (Å²) in [5, 5.41) is 11.6. The van der Waals surface area contributed by atoms with Crippen LogP contribution in [0.15, 0.2) is 77.2 Å². The molecule has 4 heteroatoms. The van der Waals surface area contributed by atoms with Crippen molar-refractivity contribution < 1.29 is 14.5 Å². The van der Waals surface area contributed by atoms with Crippen molar-refractivity contribution in [2.24, 2.45) is 0 Å². The van der Waals surface area contributed by atoms with Gasteiger partial charge in [-0.2, -0.15) is 4.58 Å². The number of fused-ring (bicyclic) bond motifs is 2. The van der Waals surface area contributed by atoms with Gasteiger partial charge in [-0.15, -0.1) is 0 Å². The van der Waals surface area contributed by atoms with Crippen LogP contribution in [0, 0.1) is 0 Å². The van der Waals surface area contributed by atoms with Crippen molar-refractivity contribution in [3.8, 4) is 0 Å². The highest BCUT2D eigenvalue weighted by Crippen LogP contribution is 2.50. The van der Waals surface area contributed by atoms with Crippen LogP contribution in [0.3, 0.4) is 0 Å². The Morgan fingerprint density at radius 1 is 0.720 bits per heavy atom. The molecule has 0 fully saturated rings. The van der Waals surface area contributed by atoms with Crippen molar-refractivity contribution in [3.05, 3.63) is 93.9 Å². The lowest BCUT2D eigenvalue weighted by Crippen LogP contribution is -2.32. The highest BCUT2D eigenvalue weighted by molar-refractivity contribution is 6.24. The van der Waals surface area contributed by atoms with Gasteiger partial charge in [0.2, 0.25) is 11.5 Å². The van der Waals surface area contributed by atoms with Crippen LogP contribution in [0.4, 0.5) is 11.4 Å². The third-order valence-electron chi connectivity index (χ3n) is 11.6. The summed E-state index contributed by atoms with van der Waals surface area (Å²) in [5.41, 5.74) is 9.05. The molecule has 5 rings (SSSR count). The molecule has 0 amide bonds. The van der Waals surface area contributed by atoms with Gasteiger partial charge >= 0.3 is 0 Å². The second kappa shape index (κ2) is 16.7. The van der Waals surface area contributed by atoms with Crippen LogP contribution in [-0.2, 0) is 22.0 Å². The topological polar surface area (TPSA) is 43.5 Å². The monoisotopic (exact) mass is 678 g/mol. The third-order valence-corrected chi connectivity index (χ3v) is 11.6. The molecule has 0 saturated carbocycles. The Bertz CT molecular complexity index is 1650. The predicted octanol–water partition coefficient (Wildman–Crippen LogP) is 12.1. The lowest BCUT2D eigenvalue weighted by atomic mass is 9.77. The van der Waals surface area contributed by atoms with Crippen molar-refractivity contribution >= 4 is 22.9 Å². The number of hydrogen-bond acceptors (Lipinski definition) is 3. The number of aliphatic hydroxyl groups is 1. The second-order valence-electron chi connectivity index (χ2n) is 16.1. The minimum Gasteiger partial charge on any atom is -0.506 e. The van der Waals surface area contributed by atoms with Gasteiger partial charge in [0.05, 0.1) is 16.6 Å². The maximum absolute atomic E-state index is 14.0. The Kier molecular flexibility index (Phi) is 12.7. The Labute approximate surface area is 304 Å². The second-order valence-corrected chi connectivity index (χ2v) is 16.1. The number of anilines is 1. The first-order chi connectivity index (χ1) is 24.1. The quantitative estimate of drug-likeness (QED) is 0.0914. The summed E-state index contributed by atoms with van der Waals surface area (Å²) in [6.07, 6.45) is 22.3. The van der Waals surface area contributed by atoms with Crippen LogP contribution >= 0.6 is 0 Å².